The second-order valence-corrected chi connectivity index (χ2v) is 5.90. The molecular formula is C18H20N4O. The molecular weight excluding hydrogens is 288 g/mol. The molecule has 0 bridgehead atoms. The zero-order chi connectivity index (χ0) is 16.6. The van der Waals surface area contributed by atoms with Crippen LogP contribution in [0.4, 0.5) is 5.69 Å². The van der Waals surface area contributed by atoms with E-state index < -0.39 is 0 Å². The van der Waals surface area contributed by atoms with Crippen molar-refractivity contribution >= 4 is 22.9 Å². The van der Waals surface area contributed by atoms with E-state index in [0.717, 1.165) is 22.3 Å². The molecule has 1 N–H and O–H groups in total. The Hall–Kier alpha value is -2.82. The Kier molecular flexibility index (Phi) is 3.78. The summed E-state index contributed by atoms with van der Waals surface area (Å²) in [4.78, 5) is 11.9. The molecule has 0 saturated heterocycles. The van der Waals surface area contributed by atoms with Crippen molar-refractivity contribution in [2.24, 2.45) is 19.2 Å². The number of aromatic nitrogens is 2. The molecule has 2 aromatic carbocycles. The van der Waals surface area contributed by atoms with Crippen LogP contribution in [0, 0.1) is 13.8 Å². The van der Waals surface area contributed by atoms with Crippen LogP contribution in [-0.4, -0.2) is 15.3 Å². The van der Waals surface area contributed by atoms with E-state index in [1.165, 1.54) is 11.1 Å². The predicted octanol–water partition coefficient (Wildman–Crippen LogP) is 2.94. The Morgan fingerprint density at radius 2 is 1.61 bits per heavy atom. The first-order chi connectivity index (χ1) is 11.0. The van der Waals surface area contributed by atoms with Crippen LogP contribution < -0.4 is 11.1 Å². The summed E-state index contributed by atoms with van der Waals surface area (Å²) >= 11 is 0. The number of hydrogen-bond donors (Lipinski definition) is 1. The number of nitrogens with one attached hydrogen (secondary N) is 1. The van der Waals surface area contributed by atoms with Crippen molar-refractivity contribution in [2.45, 2.75) is 13.8 Å². The smallest absolute Gasteiger partial charge is 0.295 e. The van der Waals surface area contributed by atoms with Crippen molar-refractivity contribution in [1.82, 2.24) is 9.13 Å². The zero-order valence-corrected chi connectivity index (χ0v) is 13.8. The number of hydrazone groups is 1. The highest BCUT2D eigenvalue weighted by atomic mass is 16.1. The van der Waals surface area contributed by atoms with Gasteiger partial charge in [-0.2, -0.15) is 5.10 Å². The molecule has 0 spiro atoms. The normalized spacial score (nSPS) is 11.5. The number of imidazole rings is 1. The molecule has 1 aromatic heterocycles. The topological polar surface area (TPSA) is 51.3 Å². The molecule has 5 nitrogen and oxygen atoms in total. The fraction of sp³-hybridized carbons (Fsp3) is 0.222. The van der Waals surface area contributed by atoms with E-state index in [2.05, 4.69) is 42.6 Å². The van der Waals surface area contributed by atoms with E-state index in [0.29, 0.717) is 0 Å². The minimum atomic E-state index is -0.0255. The Bertz CT molecular complexity index is 943. The van der Waals surface area contributed by atoms with Crippen LogP contribution in [0.2, 0.25) is 0 Å². The van der Waals surface area contributed by atoms with E-state index in [9.17, 15) is 4.79 Å². The number of rotatable bonds is 3. The van der Waals surface area contributed by atoms with Gasteiger partial charge in [-0.15, -0.1) is 0 Å². The average molecular weight is 308 g/mol. The van der Waals surface area contributed by atoms with Crippen molar-refractivity contribution in [1.29, 1.82) is 0 Å². The van der Waals surface area contributed by atoms with E-state index in [4.69, 9.17) is 0 Å². The van der Waals surface area contributed by atoms with Crippen molar-refractivity contribution in [3.8, 4) is 0 Å². The first-order valence-electron chi connectivity index (χ1n) is 7.48. The SMILES string of the molecule is Cc1cc(C)cc(N/N=C\c2ccc3c(c2)n(C)c(=O)n3C)c1. The van der Waals surface area contributed by atoms with Crippen molar-refractivity contribution in [2.75, 3.05) is 5.43 Å². The predicted molar refractivity (Wildman–Crippen MR) is 95.3 cm³/mol. The zero-order valence-electron chi connectivity index (χ0n) is 13.8. The lowest BCUT2D eigenvalue weighted by Crippen LogP contribution is -2.19. The molecule has 0 aliphatic rings. The average Bonchev–Trinajstić information content (AvgIpc) is 2.71. The summed E-state index contributed by atoms with van der Waals surface area (Å²) in [5, 5.41) is 4.29. The van der Waals surface area contributed by atoms with Gasteiger partial charge in [0.2, 0.25) is 0 Å². The summed E-state index contributed by atoms with van der Waals surface area (Å²) in [5.74, 6) is 0. The van der Waals surface area contributed by atoms with Gasteiger partial charge in [0.1, 0.15) is 0 Å². The Balaban J connectivity index is 1.86. The van der Waals surface area contributed by atoms with Crippen LogP contribution >= 0.6 is 0 Å². The number of aryl methyl sites for hydroxylation is 4. The Morgan fingerprint density at radius 3 is 2.30 bits per heavy atom. The first-order valence-corrected chi connectivity index (χ1v) is 7.48. The van der Waals surface area contributed by atoms with E-state index in [-0.39, 0.29) is 5.69 Å². The van der Waals surface area contributed by atoms with Gasteiger partial charge in [0.05, 0.1) is 22.9 Å². The lowest BCUT2D eigenvalue weighted by Gasteiger charge is -2.03. The molecule has 118 valence electrons. The number of fused-ring (bicyclic) bond motifs is 1. The third-order valence-electron chi connectivity index (χ3n) is 3.92. The van der Waals surface area contributed by atoms with Crippen molar-refractivity contribution in [3.63, 3.8) is 0 Å². The van der Waals surface area contributed by atoms with Gasteiger partial charge in [0, 0.05) is 14.1 Å². The molecule has 1 heterocycles. The largest absolute Gasteiger partial charge is 0.328 e. The molecule has 0 atom stereocenters. The van der Waals surface area contributed by atoms with Crippen LogP contribution in [0.15, 0.2) is 46.3 Å². The molecule has 23 heavy (non-hydrogen) atoms. The van der Waals surface area contributed by atoms with E-state index >= 15 is 0 Å². The lowest BCUT2D eigenvalue weighted by atomic mass is 10.1. The van der Waals surface area contributed by atoms with E-state index in [1.807, 2.05) is 18.2 Å². The summed E-state index contributed by atoms with van der Waals surface area (Å²) in [6.07, 6.45) is 1.76. The van der Waals surface area contributed by atoms with Crippen LogP contribution in [0.25, 0.3) is 11.0 Å². The monoisotopic (exact) mass is 308 g/mol. The van der Waals surface area contributed by atoms with Crippen LogP contribution in [0.5, 0.6) is 0 Å². The summed E-state index contributed by atoms with van der Waals surface area (Å²) < 4.78 is 3.29. The minimum absolute atomic E-state index is 0.0255. The standard InChI is InChI=1S/C18H20N4O/c1-12-7-13(2)9-15(8-12)20-19-11-14-5-6-16-17(10-14)22(4)18(23)21(16)3/h5-11,20H,1-4H3/b19-11-. The highest BCUT2D eigenvalue weighted by Crippen LogP contribution is 2.15. The molecule has 5 heteroatoms. The van der Waals surface area contributed by atoms with Crippen molar-refractivity contribution in [3.05, 3.63) is 63.6 Å². The summed E-state index contributed by atoms with van der Waals surface area (Å²) in [5.41, 5.74) is 9.13. The van der Waals surface area contributed by atoms with Gasteiger partial charge < -0.3 is 0 Å². The molecule has 0 aliphatic heterocycles. The molecule has 0 radical (unpaired) electrons. The van der Waals surface area contributed by atoms with Gasteiger partial charge in [-0.05, 0) is 54.8 Å². The molecule has 0 fully saturated rings. The maximum absolute atomic E-state index is 11.9. The van der Waals surface area contributed by atoms with Gasteiger partial charge in [0.25, 0.3) is 0 Å². The molecule has 3 rings (SSSR count). The minimum Gasteiger partial charge on any atom is -0.295 e. The molecule has 0 amide bonds. The maximum Gasteiger partial charge on any atom is 0.328 e. The van der Waals surface area contributed by atoms with Gasteiger partial charge in [-0.1, -0.05) is 12.1 Å². The molecule has 0 unspecified atom stereocenters. The number of nitrogens with zero attached hydrogens (tertiary/aromatic N) is 3. The number of anilines is 1. The first kappa shape index (κ1) is 15.1. The third kappa shape index (κ3) is 2.90. The Morgan fingerprint density at radius 1 is 0.957 bits per heavy atom. The highest BCUT2D eigenvalue weighted by molar-refractivity contribution is 5.87. The Labute approximate surface area is 134 Å². The third-order valence-corrected chi connectivity index (χ3v) is 3.92. The summed E-state index contributed by atoms with van der Waals surface area (Å²) in [6.45, 7) is 4.12. The van der Waals surface area contributed by atoms with Crippen LogP contribution in [0.1, 0.15) is 16.7 Å². The van der Waals surface area contributed by atoms with Gasteiger partial charge in [-0.3, -0.25) is 14.6 Å². The van der Waals surface area contributed by atoms with E-state index in [1.54, 1.807) is 29.4 Å². The van der Waals surface area contributed by atoms with Gasteiger partial charge >= 0.3 is 5.69 Å². The molecule has 0 saturated carbocycles. The molecule has 3 aromatic rings. The maximum atomic E-state index is 11.9. The van der Waals surface area contributed by atoms with Crippen molar-refractivity contribution < 1.29 is 0 Å². The van der Waals surface area contributed by atoms with Crippen LogP contribution in [-0.2, 0) is 14.1 Å². The number of benzene rings is 2. The molecule has 0 aliphatic carbocycles. The van der Waals surface area contributed by atoms with Gasteiger partial charge in [0.15, 0.2) is 0 Å². The summed E-state index contributed by atoms with van der Waals surface area (Å²) in [7, 11) is 3.55. The fourth-order valence-corrected chi connectivity index (χ4v) is 2.82. The fourth-order valence-electron chi connectivity index (χ4n) is 2.82. The van der Waals surface area contributed by atoms with Crippen LogP contribution in [0.3, 0.4) is 0 Å². The quantitative estimate of drug-likeness (QED) is 0.597. The second-order valence-electron chi connectivity index (χ2n) is 5.90. The van der Waals surface area contributed by atoms with Gasteiger partial charge in [-0.25, -0.2) is 4.79 Å². The second kappa shape index (κ2) is 5.76. The highest BCUT2D eigenvalue weighted by Gasteiger charge is 2.07. The number of hydrogen-bond acceptors (Lipinski definition) is 3. The lowest BCUT2D eigenvalue weighted by molar-refractivity contribution is 0.795. The summed E-state index contributed by atoms with van der Waals surface area (Å²) in [6, 6.07) is 12.1.